The average Bonchev–Trinajstić information content (AvgIpc) is 2.42. The molecule has 0 aliphatic heterocycles. The molecule has 1 saturated carbocycles. The molecule has 1 aliphatic carbocycles. The summed E-state index contributed by atoms with van der Waals surface area (Å²) in [7, 11) is 0. The SMILES string of the molecule is O=C(Cc1ccccc1O)NC1(CO)CCCCC1. The molecule has 1 aromatic carbocycles. The van der Waals surface area contributed by atoms with Crippen molar-refractivity contribution in [2.45, 2.75) is 44.1 Å². The van der Waals surface area contributed by atoms with Crippen LogP contribution < -0.4 is 5.32 Å². The van der Waals surface area contributed by atoms with E-state index in [0.29, 0.717) is 5.56 Å². The van der Waals surface area contributed by atoms with Gasteiger partial charge in [-0.3, -0.25) is 4.79 Å². The molecule has 0 radical (unpaired) electrons. The minimum Gasteiger partial charge on any atom is -0.508 e. The molecule has 3 N–H and O–H groups in total. The van der Waals surface area contributed by atoms with E-state index in [4.69, 9.17) is 0 Å². The van der Waals surface area contributed by atoms with Gasteiger partial charge in [-0.1, -0.05) is 37.5 Å². The van der Waals surface area contributed by atoms with Crippen LogP contribution in [0.2, 0.25) is 0 Å². The lowest BCUT2D eigenvalue weighted by atomic mass is 9.82. The summed E-state index contributed by atoms with van der Waals surface area (Å²) in [6.45, 7) is -0.0144. The molecule has 4 nitrogen and oxygen atoms in total. The van der Waals surface area contributed by atoms with Crippen LogP contribution in [0.3, 0.4) is 0 Å². The Labute approximate surface area is 113 Å². The fourth-order valence-electron chi connectivity index (χ4n) is 2.72. The highest BCUT2D eigenvalue weighted by molar-refractivity contribution is 5.80. The van der Waals surface area contributed by atoms with Gasteiger partial charge in [0.1, 0.15) is 5.75 Å². The molecule has 0 saturated heterocycles. The van der Waals surface area contributed by atoms with Gasteiger partial charge < -0.3 is 15.5 Å². The lowest BCUT2D eigenvalue weighted by Gasteiger charge is -2.36. The van der Waals surface area contributed by atoms with Crippen molar-refractivity contribution in [1.29, 1.82) is 0 Å². The maximum absolute atomic E-state index is 12.1. The average molecular weight is 263 g/mol. The van der Waals surface area contributed by atoms with E-state index in [1.165, 1.54) is 0 Å². The molecule has 0 atom stereocenters. The third-order valence-electron chi connectivity index (χ3n) is 3.86. The lowest BCUT2D eigenvalue weighted by Crippen LogP contribution is -2.52. The number of phenolic OH excluding ortho intramolecular Hbond substituents is 1. The van der Waals surface area contributed by atoms with Crippen LogP contribution in [0.1, 0.15) is 37.7 Å². The van der Waals surface area contributed by atoms with Crippen molar-refractivity contribution < 1.29 is 15.0 Å². The number of aliphatic hydroxyl groups is 1. The summed E-state index contributed by atoms with van der Waals surface area (Å²) in [5.74, 6) is -0.00297. The highest BCUT2D eigenvalue weighted by Crippen LogP contribution is 2.28. The third-order valence-corrected chi connectivity index (χ3v) is 3.86. The summed E-state index contributed by atoms with van der Waals surface area (Å²) in [4.78, 5) is 12.1. The molecule has 1 fully saturated rings. The number of aromatic hydroxyl groups is 1. The van der Waals surface area contributed by atoms with Crippen LogP contribution in [0.4, 0.5) is 0 Å². The number of phenols is 1. The molecule has 0 heterocycles. The van der Waals surface area contributed by atoms with E-state index in [1.54, 1.807) is 24.3 Å². The minimum atomic E-state index is -0.459. The molecule has 2 rings (SSSR count). The number of benzene rings is 1. The van der Waals surface area contributed by atoms with Gasteiger partial charge in [0.15, 0.2) is 0 Å². The number of rotatable bonds is 4. The summed E-state index contributed by atoms with van der Waals surface area (Å²) < 4.78 is 0. The fraction of sp³-hybridized carbons (Fsp3) is 0.533. The van der Waals surface area contributed by atoms with Gasteiger partial charge in [-0.2, -0.15) is 0 Å². The van der Waals surface area contributed by atoms with Gasteiger partial charge in [-0.15, -0.1) is 0 Å². The number of carbonyl (C=O) groups is 1. The Morgan fingerprint density at radius 2 is 1.89 bits per heavy atom. The Hall–Kier alpha value is -1.55. The number of carbonyl (C=O) groups excluding carboxylic acids is 1. The zero-order valence-electron chi connectivity index (χ0n) is 11.1. The smallest absolute Gasteiger partial charge is 0.225 e. The molecule has 1 aromatic rings. The van der Waals surface area contributed by atoms with E-state index in [2.05, 4.69) is 5.32 Å². The zero-order valence-corrected chi connectivity index (χ0v) is 11.1. The number of hydrogen-bond acceptors (Lipinski definition) is 3. The van der Waals surface area contributed by atoms with E-state index >= 15 is 0 Å². The van der Waals surface area contributed by atoms with Crippen molar-refractivity contribution in [1.82, 2.24) is 5.32 Å². The minimum absolute atomic E-state index is 0.0144. The number of para-hydroxylation sites is 1. The Bertz CT molecular complexity index is 439. The van der Waals surface area contributed by atoms with Crippen molar-refractivity contribution in [3.8, 4) is 5.75 Å². The summed E-state index contributed by atoms with van der Waals surface area (Å²) in [6, 6.07) is 6.84. The zero-order chi connectivity index (χ0) is 13.7. The lowest BCUT2D eigenvalue weighted by molar-refractivity contribution is -0.123. The van der Waals surface area contributed by atoms with Crippen LogP contribution in [-0.4, -0.2) is 28.3 Å². The topological polar surface area (TPSA) is 69.6 Å². The molecule has 0 aromatic heterocycles. The van der Waals surface area contributed by atoms with Gasteiger partial charge in [0.25, 0.3) is 0 Å². The highest BCUT2D eigenvalue weighted by atomic mass is 16.3. The van der Waals surface area contributed by atoms with Crippen LogP contribution in [0.15, 0.2) is 24.3 Å². The Kier molecular flexibility index (Phi) is 4.43. The molecular weight excluding hydrogens is 242 g/mol. The van der Waals surface area contributed by atoms with Crippen LogP contribution >= 0.6 is 0 Å². The van der Waals surface area contributed by atoms with Crippen molar-refractivity contribution >= 4 is 5.91 Å². The molecule has 19 heavy (non-hydrogen) atoms. The molecule has 1 amide bonds. The van der Waals surface area contributed by atoms with Crippen LogP contribution in [0.25, 0.3) is 0 Å². The summed E-state index contributed by atoms with van der Waals surface area (Å²) in [5.41, 5.74) is 0.156. The number of hydrogen-bond donors (Lipinski definition) is 3. The molecule has 104 valence electrons. The molecule has 0 unspecified atom stereocenters. The van der Waals surface area contributed by atoms with E-state index in [0.717, 1.165) is 32.1 Å². The monoisotopic (exact) mass is 263 g/mol. The second-order valence-corrected chi connectivity index (χ2v) is 5.35. The van der Waals surface area contributed by atoms with Crippen LogP contribution in [-0.2, 0) is 11.2 Å². The van der Waals surface area contributed by atoms with Gasteiger partial charge >= 0.3 is 0 Å². The van der Waals surface area contributed by atoms with Crippen LogP contribution in [0.5, 0.6) is 5.75 Å². The van der Waals surface area contributed by atoms with Gasteiger partial charge in [-0.05, 0) is 18.9 Å². The van der Waals surface area contributed by atoms with Gasteiger partial charge in [0, 0.05) is 5.56 Å². The standard InChI is InChI=1S/C15H21NO3/c17-11-15(8-4-1-5-9-15)16-14(19)10-12-6-2-3-7-13(12)18/h2-3,6-7,17-18H,1,4-5,8-11H2,(H,16,19). The number of aliphatic hydroxyl groups excluding tert-OH is 1. The summed E-state index contributed by atoms with van der Waals surface area (Å²) >= 11 is 0. The summed E-state index contributed by atoms with van der Waals surface area (Å²) in [6.07, 6.45) is 5.05. The van der Waals surface area contributed by atoms with E-state index < -0.39 is 5.54 Å². The molecule has 0 spiro atoms. The Morgan fingerprint density at radius 3 is 2.53 bits per heavy atom. The van der Waals surface area contributed by atoms with E-state index in [1.807, 2.05) is 0 Å². The fourth-order valence-corrected chi connectivity index (χ4v) is 2.72. The normalized spacial score (nSPS) is 17.9. The predicted molar refractivity (Wildman–Crippen MR) is 72.9 cm³/mol. The van der Waals surface area contributed by atoms with Gasteiger partial charge in [-0.25, -0.2) is 0 Å². The Balaban J connectivity index is 1.98. The van der Waals surface area contributed by atoms with E-state index in [9.17, 15) is 15.0 Å². The van der Waals surface area contributed by atoms with Crippen molar-refractivity contribution in [3.05, 3.63) is 29.8 Å². The van der Waals surface area contributed by atoms with E-state index in [-0.39, 0.29) is 24.7 Å². The van der Waals surface area contributed by atoms with Crippen molar-refractivity contribution in [2.24, 2.45) is 0 Å². The molecule has 4 heteroatoms. The maximum atomic E-state index is 12.1. The summed E-state index contributed by atoms with van der Waals surface area (Å²) in [5, 5.41) is 22.2. The molecule has 0 bridgehead atoms. The first kappa shape index (κ1) is 13.9. The maximum Gasteiger partial charge on any atom is 0.225 e. The molecular formula is C15H21NO3. The quantitative estimate of drug-likeness (QED) is 0.775. The van der Waals surface area contributed by atoms with Gasteiger partial charge in [0.2, 0.25) is 5.91 Å². The first-order valence-corrected chi connectivity index (χ1v) is 6.84. The van der Waals surface area contributed by atoms with Crippen molar-refractivity contribution in [3.63, 3.8) is 0 Å². The second-order valence-electron chi connectivity index (χ2n) is 5.35. The van der Waals surface area contributed by atoms with Gasteiger partial charge in [0.05, 0.1) is 18.6 Å². The largest absolute Gasteiger partial charge is 0.508 e. The predicted octanol–water partition coefficient (Wildman–Crippen LogP) is 1.75. The second kappa shape index (κ2) is 6.06. The molecule has 1 aliphatic rings. The van der Waals surface area contributed by atoms with Crippen LogP contribution in [0, 0.1) is 0 Å². The number of nitrogens with one attached hydrogen (secondary N) is 1. The first-order chi connectivity index (χ1) is 9.15. The number of amides is 1. The van der Waals surface area contributed by atoms with Crippen molar-refractivity contribution in [2.75, 3.05) is 6.61 Å². The Morgan fingerprint density at radius 1 is 1.21 bits per heavy atom. The highest BCUT2D eigenvalue weighted by Gasteiger charge is 2.32. The third kappa shape index (κ3) is 3.47. The first-order valence-electron chi connectivity index (χ1n) is 6.84.